The quantitative estimate of drug-likeness (QED) is 0.512. The van der Waals surface area contributed by atoms with Gasteiger partial charge in [0.05, 0.1) is 13.2 Å². The molecule has 0 aromatic heterocycles. The minimum absolute atomic E-state index is 0.298. The maximum atomic E-state index is 10.6. The number of rotatable bonds is 6. The normalized spacial score (nSPS) is 32.2. The molecular formula is C23H42N2O4. The fraction of sp³-hybridized carbons (Fsp3) is 0.826. The molecule has 0 bridgehead atoms. The Morgan fingerprint density at radius 3 is 1.48 bits per heavy atom. The first-order chi connectivity index (χ1) is 13.8. The molecule has 4 N–H and O–H groups in total. The summed E-state index contributed by atoms with van der Waals surface area (Å²) in [6.45, 7) is 8.64. The Labute approximate surface area is 176 Å². The highest BCUT2D eigenvalue weighted by molar-refractivity contribution is 5.91. The Morgan fingerprint density at radius 2 is 1.17 bits per heavy atom. The molecule has 6 heteroatoms. The van der Waals surface area contributed by atoms with E-state index < -0.39 is 11.9 Å². The number of ether oxygens (including phenoxy) is 2. The predicted molar refractivity (Wildman–Crippen MR) is 116 cm³/mol. The topological polar surface area (TPSA) is 105 Å². The predicted octanol–water partition coefficient (Wildman–Crippen LogP) is 3.57. The molecule has 0 amide bonds. The smallest absolute Gasteiger partial charge is 0.330 e. The molecule has 2 aliphatic rings. The lowest BCUT2D eigenvalue weighted by molar-refractivity contribution is -0.140. The Morgan fingerprint density at radius 1 is 0.793 bits per heavy atom. The van der Waals surface area contributed by atoms with Crippen LogP contribution < -0.4 is 11.5 Å². The summed E-state index contributed by atoms with van der Waals surface area (Å²) in [7, 11) is 0. The van der Waals surface area contributed by atoms with E-state index in [-0.39, 0.29) is 0 Å². The summed E-state index contributed by atoms with van der Waals surface area (Å²) < 4.78 is 9.07. The van der Waals surface area contributed by atoms with Gasteiger partial charge in [-0.25, -0.2) is 9.59 Å². The molecule has 0 aromatic carbocycles. The standard InChI is InChI=1S/C15H30N2.C8H12O4/c1-10-7-12(3-5-14(10)16)9-13-4-6-15(17)11(2)8-13;1-3-11-7(9)5-6-8(10)12-4-2/h10-15H,3-9,16-17H2,1-2H3;5-6H,3-4H2,1-2H3/b;6-5-. The maximum absolute atomic E-state index is 10.6. The zero-order chi connectivity index (χ0) is 21.8. The summed E-state index contributed by atoms with van der Waals surface area (Å²) in [5, 5.41) is 0. The van der Waals surface area contributed by atoms with Crippen LogP contribution in [0.2, 0.25) is 0 Å². The minimum atomic E-state index is -0.537. The van der Waals surface area contributed by atoms with Crippen molar-refractivity contribution >= 4 is 11.9 Å². The summed E-state index contributed by atoms with van der Waals surface area (Å²) in [6, 6.07) is 0.926. The van der Waals surface area contributed by atoms with Gasteiger partial charge >= 0.3 is 11.9 Å². The van der Waals surface area contributed by atoms with E-state index >= 15 is 0 Å². The van der Waals surface area contributed by atoms with Gasteiger partial charge in [-0.1, -0.05) is 13.8 Å². The number of nitrogens with two attached hydrogens (primary N) is 2. The Kier molecular flexibility index (Phi) is 12.2. The molecule has 168 valence electrons. The molecule has 6 nitrogen and oxygen atoms in total. The number of esters is 2. The van der Waals surface area contributed by atoms with Crippen molar-refractivity contribution in [2.45, 2.75) is 84.7 Å². The van der Waals surface area contributed by atoms with Gasteiger partial charge in [-0.15, -0.1) is 0 Å². The molecule has 2 fully saturated rings. The third-order valence-corrected chi connectivity index (χ3v) is 6.28. The average molecular weight is 411 g/mol. The molecule has 6 atom stereocenters. The molecule has 0 radical (unpaired) electrons. The van der Waals surface area contributed by atoms with Gasteiger partial charge in [-0.2, -0.15) is 0 Å². The van der Waals surface area contributed by atoms with Crippen molar-refractivity contribution in [3.63, 3.8) is 0 Å². The van der Waals surface area contributed by atoms with E-state index in [1.54, 1.807) is 13.8 Å². The van der Waals surface area contributed by atoms with Crippen molar-refractivity contribution in [2.24, 2.45) is 35.1 Å². The van der Waals surface area contributed by atoms with Gasteiger partial charge in [0.2, 0.25) is 0 Å². The van der Waals surface area contributed by atoms with Crippen LogP contribution in [0.3, 0.4) is 0 Å². The number of carbonyl (C=O) groups excluding carboxylic acids is 2. The van der Waals surface area contributed by atoms with Crippen LogP contribution in [-0.4, -0.2) is 37.2 Å². The molecule has 0 aromatic rings. The van der Waals surface area contributed by atoms with Crippen molar-refractivity contribution < 1.29 is 19.1 Å². The van der Waals surface area contributed by atoms with Crippen molar-refractivity contribution in [1.82, 2.24) is 0 Å². The maximum Gasteiger partial charge on any atom is 0.330 e. The third-order valence-electron chi connectivity index (χ3n) is 6.28. The molecule has 2 saturated carbocycles. The van der Waals surface area contributed by atoms with E-state index in [9.17, 15) is 9.59 Å². The van der Waals surface area contributed by atoms with E-state index in [2.05, 4.69) is 23.3 Å². The van der Waals surface area contributed by atoms with E-state index in [1.165, 1.54) is 44.9 Å². The number of carbonyl (C=O) groups is 2. The van der Waals surface area contributed by atoms with Crippen LogP contribution in [0.5, 0.6) is 0 Å². The van der Waals surface area contributed by atoms with Crippen LogP contribution in [0, 0.1) is 23.7 Å². The summed E-state index contributed by atoms with van der Waals surface area (Å²) in [5.74, 6) is 2.28. The number of hydrogen-bond acceptors (Lipinski definition) is 6. The second-order valence-electron chi connectivity index (χ2n) is 8.71. The lowest BCUT2D eigenvalue weighted by Gasteiger charge is -2.37. The molecule has 2 aliphatic carbocycles. The lowest BCUT2D eigenvalue weighted by atomic mass is 9.71. The average Bonchev–Trinajstić information content (AvgIpc) is 2.67. The van der Waals surface area contributed by atoms with Gasteiger partial charge in [0.25, 0.3) is 0 Å². The SMILES string of the molecule is CC1CC(CC2CCC(N)C(C)C2)CCC1N.CCOC(=O)/C=C\C(=O)OCC. The van der Waals surface area contributed by atoms with Crippen LogP contribution in [0.1, 0.15) is 72.6 Å². The molecule has 0 saturated heterocycles. The molecule has 29 heavy (non-hydrogen) atoms. The van der Waals surface area contributed by atoms with Gasteiger partial charge in [0, 0.05) is 24.2 Å². The van der Waals surface area contributed by atoms with Crippen LogP contribution in [0.15, 0.2) is 12.2 Å². The third kappa shape index (κ3) is 10.3. The summed E-state index contributed by atoms with van der Waals surface area (Å²) >= 11 is 0. The van der Waals surface area contributed by atoms with E-state index in [0.717, 1.165) is 35.8 Å². The van der Waals surface area contributed by atoms with E-state index in [1.807, 2.05) is 0 Å². The van der Waals surface area contributed by atoms with Gasteiger partial charge in [-0.3, -0.25) is 0 Å². The fourth-order valence-electron chi connectivity index (χ4n) is 4.48. The first-order valence-corrected chi connectivity index (χ1v) is 11.3. The highest BCUT2D eigenvalue weighted by Gasteiger charge is 2.30. The number of hydrogen-bond donors (Lipinski definition) is 2. The Bertz CT molecular complexity index is 479. The van der Waals surface area contributed by atoms with Crippen LogP contribution >= 0.6 is 0 Å². The van der Waals surface area contributed by atoms with E-state index in [4.69, 9.17) is 11.5 Å². The highest BCUT2D eigenvalue weighted by Crippen LogP contribution is 2.38. The Balaban J connectivity index is 0.000000311. The van der Waals surface area contributed by atoms with Crippen LogP contribution in [0.25, 0.3) is 0 Å². The second kappa shape index (κ2) is 13.8. The zero-order valence-corrected chi connectivity index (χ0v) is 18.8. The minimum Gasteiger partial charge on any atom is -0.463 e. The van der Waals surface area contributed by atoms with Gasteiger partial charge in [0.15, 0.2) is 0 Å². The first-order valence-electron chi connectivity index (χ1n) is 11.3. The Hall–Kier alpha value is -1.40. The van der Waals surface area contributed by atoms with Gasteiger partial charge in [0.1, 0.15) is 0 Å². The van der Waals surface area contributed by atoms with E-state index in [0.29, 0.717) is 25.3 Å². The first kappa shape index (κ1) is 25.6. The molecule has 2 rings (SSSR count). The second-order valence-corrected chi connectivity index (χ2v) is 8.71. The van der Waals surface area contributed by atoms with Crippen molar-refractivity contribution in [3.8, 4) is 0 Å². The van der Waals surface area contributed by atoms with Crippen LogP contribution in [0.4, 0.5) is 0 Å². The summed E-state index contributed by atoms with van der Waals surface area (Å²) in [4.78, 5) is 21.3. The van der Waals surface area contributed by atoms with Crippen molar-refractivity contribution in [2.75, 3.05) is 13.2 Å². The monoisotopic (exact) mass is 410 g/mol. The fourth-order valence-corrected chi connectivity index (χ4v) is 4.48. The molecule has 0 heterocycles. The van der Waals surface area contributed by atoms with Crippen molar-refractivity contribution in [3.05, 3.63) is 12.2 Å². The summed E-state index contributed by atoms with van der Waals surface area (Å²) in [5.41, 5.74) is 12.2. The largest absolute Gasteiger partial charge is 0.463 e. The van der Waals surface area contributed by atoms with Crippen LogP contribution in [-0.2, 0) is 19.1 Å². The van der Waals surface area contributed by atoms with Crippen molar-refractivity contribution in [1.29, 1.82) is 0 Å². The van der Waals surface area contributed by atoms with Gasteiger partial charge in [-0.05, 0) is 82.5 Å². The molecule has 0 spiro atoms. The summed E-state index contributed by atoms with van der Waals surface area (Å²) in [6.07, 6.45) is 11.5. The molecule has 6 unspecified atom stereocenters. The highest BCUT2D eigenvalue weighted by atomic mass is 16.5. The lowest BCUT2D eigenvalue weighted by Crippen LogP contribution is -2.37. The zero-order valence-electron chi connectivity index (χ0n) is 18.8. The van der Waals surface area contributed by atoms with Gasteiger partial charge < -0.3 is 20.9 Å². The molecular weight excluding hydrogens is 368 g/mol. The molecule has 0 aliphatic heterocycles.